The molecule has 10 heteroatoms. The molecule has 2 aromatic rings. The van der Waals surface area contributed by atoms with Crippen molar-refractivity contribution in [3.8, 4) is 5.75 Å². The Bertz CT molecular complexity index is 1350. The largest absolute Gasteiger partial charge is 0.508 e. The van der Waals surface area contributed by atoms with Crippen LogP contribution in [0.2, 0.25) is 0 Å². The van der Waals surface area contributed by atoms with Crippen LogP contribution in [0, 0.1) is 0 Å². The van der Waals surface area contributed by atoms with Crippen LogP contribution in [0.3, 0.4) is 0 Å². The third kappa shape index (κ3) is 4.32. The van der Waals surface area contributed by atoms with E-state index < -0.39 is 11.9 Å². The first-order valence-corrected chi connectivity index (χ1v) is 12.3. The number of halogens is 1. The SMILES string of the molecule is O=C1CCC(N2Cc3c(NC=C4C(=O)CC(c5cc(O)ccc5Br)CC4=O)cccc3C2=O)C(=O)N1. The van der Waals surface area contributed by atoms with Gasteiger partial charge in [-0.1, -0.05) is 22.0 Å². The Hall–Kier alpha value is -3.79. The Morgan fingerprint density at radius 1 is 1.06 bits per heavy atom. The highest BCUT2D eigenvalue weighted by Gasteiger charge is 2.40. The fourth-order valence-electron chi connectivity index (χ4n) is 4.99. The van der Waals surface area contributed by atoms with Crippen molar-refractivity contribution in [3.05, 3.63) is 69.3 Å². The van der Waals surface area contributed by atoms with Crippen molar-refractivity contribution in [2.45, 2.75) is 44.2 Å². The van der Waals surface area contributed by atoms with Crippen molar-refractivity contribution in [3.63, 3.8) is 0 Å². The molecule has 0 bridgehead atoms. The molecule has 2 fully saturated rings. The Balaban J connectivity index is 1.34. The lowest BCUT2D eigenvalue weighted by Gasteiger charge is -2.29. The topological polar surface area (TPSA) is 133 Å². The van der Waals surface area contributed by atoms with Gasteiger partial charge in [0.2, 0.25) is 11.8 Å². The lowest BCUT2D eigenvalue weighted by Crippen LogP contribution is -2.52. The molecule has 1 saturated heterocycles. The summed E-state index contributed by atoms with van der Waals surface area (Å²) in [4.78, 5) is 64.0. The number of hydrogen-bond acceptors (Lipinski definition) is 7. The third-order valence-electron chi connectivity index (χ3n) is 6.84. The number of phenolic OH excluding ortho intramolecular Hbond substituents is 1. The number of amides is 3. The van der Waals surface area contributed by atoms with Gasteiger partial charge >= 0.3 is 0 Å². The van der Waals surface area contributed by atoms with Gasteiger partial charge in [0.25, 0.3) is 5.91 Å². The molecule has 184 valence electrons. The number of carbonyl (C=O) groups excluding carboxylic acids is 5. The van der Waals surface area contributed by atoms with Crippen molar-refractivity contribution in [2.75, 3.05) is 5.32 Å². The first-order valence-electron chi connectivity index (χ1n) is 11.5. The number of imide groups is 1. The van der Waals surface area contributed by atoms with Gasteiger partial charge in [0.05, 0.1) is 5.57 Å². The van der Waals surface area contributed by atoms with E-state index in [-0.39, 0.29) is 72.8 Å². The maximum atomic E-state index is 13.0. The summed E-state index contributed by atoms with van der Waals surface area (Å²) in [5.41, 5.74) is 2.39. The highest BCUT2D eigenvalue weighted by molar-refractivity contribution is 9.10. The zero-order chi connectivity index (χ0) is 25.6. The first-order chi connectivity index (χ1) is 17.2. The molecule has 2 aromatic carbocycles. The number of Topliss-reactive ketones (excluding diaryl/α,β-unsaturated/α-hetero) is 2. The molecule has 1 unspecified atom stereocenters. The summed E-state index contributed by atoms with van der Waals surface area (Å²) >= 11 is 3.42. The van der Waals surface area contributed by atoms with Crippen LogP contribution in [0.5, 0.6) is 5.75 Å². The summed E-state index contributed by atoms with van der Waals surface area (Å²) in [6.07, 6.45) is 2.05. The predicted molar refractivity (Wildman–Crippen MR) is 132 cm³/mol. The second kappa shape index (κ2) is 9.34. The molecular weight excluding hydrogens is 530 g/mol. The quantitative estimate of drug-likeness (QED) is 0.302. The summed E-state index contributed by atoms with van der Waals surface area (Å²) in [6, 6.07) is 9.12. The molecule has 3 aliphatic rings. The lowest BCUT2D eigenvalue weighted by atomic mass is 9.80. The number of hydrogen-bond donors (Lipinski definition) is 3. The van der Waals surface area contributed by atoms with Gasteiger partial charge in [0.1, 0.15) is 11.8 Å². The van der Waals surface area contributed by atoms with Crippen LogP contribution in [0.1, 0.15) is 53.1 Å². The average molecular weight is 552 g/mol. The molecule has 3 amide bonds. The van der Waals surface area contributed by atoms with E-state index in [0.717, 1.165) is 4.47 Å². The number of anilines is 1. The monoisotopic (exact) mass is 551 g/mol. The third-order valence-corrected chi connectivity index (χ3v) is 7.56. The molecule has 2 heterocycles. The van der Waals surface area contributed by atoms with E-state index in [2.05, 4.69) is 26.6 Å². The van der Waals surface area contributed by atoms with Crippen LogP contribution < -0.4 is 10.6 Å². The average Bonchev–Trinajstić information content (AvgIpc) is 3.17. The highest BCUT2D eigenvalue weighted by Crippen LogP contribution is 2.37. The zero-order valence-electron chi connectivity index (χ0n) is 19.0. The first kappa shape index (κ1) is 23.9. The molecular formula is C26H22BrN3O6. The minimum Gasteiger partial charge on any atom is -0.508 e. The maximum Gasteiger partial charge on any atom is 0.255 e. The van der Waals surface area contributed by atoms with Crippen molar-refractivity contribution in [1.29, 1.82) is 0 Å². The Kier molecular flexibility index (Phi) is 6.21. The van der Waals surface area contributed by atoms with Gasteiger partial charge in [0, 0.05) is 53.3 Å². The van der Waals surface area contributed by atoms with Gasteiger partial charge in [-0.05, 0) is 48.2 Å². The number of ketones is 2. The fraction of sp³-hybridized carbons (Fsp3) is 0.269. The number of benzene rings is 2. The molecule has 5 rings (SSSR count). The molecule has 3 N–H and O–H groups in total. The van der Waals surface area contributed by atoms with Crippen LogP contribution in [-0.4, -0.2) is 45.3 Å². The standard InChI is InChI=1S/C26H22BrN3O6/c27-19-5-4-14(31)10-16(19)13-8-22(32)17(23(33)9-13)11-28-20-3-1-2-15-18(20)12-30(26(15)36)21-6-7-24(34)29-25(21)35/h1-5,10-11,13,21,28,31H,6-9,12H2,(H,29,34,35). The van der Waals surface area contributed by atoms with Crippen LogP contribution in [0.4, 0.5) is 5.69 Å². The maximum absolute atomic E-state index is 13.0. The van der Waals surface area contributed by atoms with Crippen LogP contribution >= 0.6 is 15.9 Å². The van der Waals surface area contributed by atoms with Gasteiger partial charge in [-0.2, -0.15) is 0 Å². The number of phenols is 1. The van der Waals surface area contributed by atoms with E-state index in [4.69, 9.17) is 0 Å². The van der Waals surface area contributed by atoms with E-state index in [0.29, 0.717) is 22.4 Å². The number of nitrogens with one attached hydrogen (secondary N) is 2. The summed E-state index contributed by atoms with van der Waals surface area (Å²) in [5.74, 6) is -2.05. The number of piperidine rings is 1. The second-order valence-corrected chi connectivity index (χ2v) is 9.95. The predicted octanol–water partition coefficient (Wildman–Crippen LogP) is 2.93. The number of rotatable bonds is 4. The van der Waals surface area contributed by atoms with Crippen LogP contribution in [0.25, 0.3) is 0 Å². The highest BCUT2D eigenvalue weighted by atomic mass is 79.9. The van der Waals surface area contributed by atoms with E-state index in [9.17, 15) is 29.1 Å². The number of allylic oxidation sites excluding steroid dienone is 1. The van der Waals surface area contributed by atoms with Gasteiger partial charge in [-0.3, -0.25) is 29.3 Å². The van der Waals surface area contributed by atoms with Crippen molar-refractivity contribution in [1.82, 2.24) is 10.2 Å². The summed E-state index contributed by atoms with van der Waals surface area (Å²) in [7, 11) is 0. The normalized spacial score (nSPS) is 22.0. The van der Waals surface area contributed by atoms with Crippen molar-refractivity contribution < 1.29 is 29.1 Å². The van der Waals surface area contributed by atoms with E-state index in [1.807, 2.05) is 0 Å². The van der Waals surface area contributed by atoms with Gasteiger partial charge in [-0.15, -0.1) is 0 Å². The molecule has 1 saturated carbocycles. The Morgan fingerprint density at radius 2 is 1.81 bits per heavy atom. The van der Waals surface area contributed by atoms with Gasteiger partial charge < -0.3 is 15.3 Å². The molecule has 0 spiro atoms. The smallest absolute Gasteiger partial charge is 0.255 e. The number of aromatic hydroxyl groups is 1. The molecule has 36 heavy (non-hydrogen) atoms. The minimum atomic E-state index is -0.732. The fourth-order valence-corrected chi connectivity index (χ4v) is 5.56. The Morgan fingerprint density at radius 3 is 2.53 bits per heavy atom. The second-order valence-electron chi connectivity index (χ2n) is 9.09. The zero-order valence-corrected chi connectivity index (χ0v) is 20.6. The van der Waals surface area contributed by atoms with Crippen LogP contribution in [0.15, 0.2) is 52.6 Å². The molecule has 0 aromatic heterocycles. The molecule has 1 atom stereocenters. The summed E-state index contributed by atoms with van der Waals surface area (Å²) < 4.78 is 0.724. The van der Waals surface area contributed by atoms with Gasteiger partial charge in [0.15, 0.2) is 11.6 Å². The molecule has 9 nitrogen and oxygen atoms in total. The number of nitrogens with zero attached hydrogens (tertiary/aromatic N) is 1. The van der Waals surface area contributed by atoms with E-state index in [1.54, 1.807) is 30.3 Å². The van der Waals surface area contributed by atoms with Gasteiger partial charge in [-0.25, -0.2) is 0 Å². The molecule has 0 radical (unpaired) electrons. The summed E-state index contributed by atoms with van der Waals surface area (Å²) in [6.45, 7) is 0.169. The number of carbonyl (C=O) groups is 5. The lowest BCUT2D eigenvalue weighted by molar-refractivity contribution is -0.137. The van der Waals surface area contributed by atoms with Crippen molar-refractivity contribution >= 4 is 50.9 Å². The summed E-state index contributed by atoms with van der Waals surface area (Å²) in [5, 5.41) is 15.1. The van der Waals surface area contributed by atoms with E-state index >= 15 is 0 Å². The Labute approximate surface area is 214 Å². The molecule has 1 aliphatic carbocycles. The molecule has 2 aliphatic heterocycles. The van der Waals surface area contributed by atoms with Crippen molar-refractivity contribution in [2.24, 2.45) is 0 Å². The minimum absolute atomic E-state index is 0.0477. The van der Waals surface area contributed by atoms with E-state index in [1.165, 1.54) is 17.2 Å². The number of fused-ring (bicyclic) bond motifs is 1. The van der Waals surface area contributed by atoms with Crippen LogP contribution in [-0.2, 0) is 25.7 Å².